The minimum Gasteiger partial charge on any atom is -0.497 e. The van der Waals surface area contributed by atoms with Crippen molar-refractivity contribution in [3.8, 4) is 5.75 Å². The van der Waals surface area contributed by atoms with Crippen LogP contribution in [-0.4, -0.2) is 19.1 Å². The maximum absolute atomic E-state index is 12.3. The average Bonchev–Trinajstić information content (AvgIpc) is 3.10. The fourth-order valence-electron chi connectivity index (χ4n) is 2.76. The molecule has 2 aromatic carbocycles. The smallest absolute Gasteiger partial charge is 0.238 e. The van der Waals surface area contributed by atoms with Gasteiger partial charge in [0, 0.05) is 17.6 Å². The summed E-state index contributed by atoms with van der Waals surface area (Å²) < 4.78 is 5.19. The largest absolute Gasteiger partial charge is 0.497 e. The third kappa shape index (κ3) is 4.06. The first-order valence-corrected chi connectivity index (χ1v) is 8.20. The van der Waals surface area contributed by atoms with Gasteiger partial charge in [-0.05, 0) is 41.8 Å². The Bertz CT molecular complexity index is 723. The lowest BCUT2D eigenvalue weighted by molar-refractivity contribution is -0.123. The van der Waals surface area contributed by atoms with Crippen LogP contribution in [0, 0.1) is 0 Å². The summed E-state index contributed by atoms with van der Waals surface area (Å²) in [5, 5.41) is 3.65. The molecule has 1 aliphatic heterocycles. The van der Waals surface area contributed by atoms with Crippen molar-refractivity contribution < 1.29 is 9.53 Å². The van der Waals surface area contributed by atoms with Crippen LogP contribution in [0.4, 0.5) is 0 Å². The monoisotopic (exact) mass is 345 g/mol. The first-order chi connectivity index (χ1) is 11.7. The fraction of sp³-hybridized carbons (Fsp3) is 0.278. The van der Waals surface area contributed by atoms with Crippen molar-refractivity contribution in [3.63, 3.8) is 0 Å². The molecular formula is C18H20ClN3O2. The molecule has 24 heavy (non-hydrogen) atoms. The molecule has 126 valence electrons. The Balaban J connectivity index is 1.54. The SMILES string of the molecule is COc1cccc(CNC(=O)C2CC(c3cccc(Cl)c3)NN2)c1. The number of ether oxygens (including phenoxy) is 1. The molecule has 1 amide bonds. The van der Waals surface area contributed by atoms with Crippen LogP contribution in [0.5, 0.6) is 5.75 Å². The summed E-state index contributed by atoms with van der Waals surface area (Å²) in [4.78, 5) is 12.3. The quantitative estimate of drug-likeness (QED) is 0.779. The zero-order valence-electron chi connectivity index (χ0n) is 13.4. The Morgan fingerprint density at radius 1 is 1.25 bits per heavy atom. The summed E-state index contributed by atoms with van der Waals surface area (Å²) in [6.45, 7) is 0.468. The lowest BCUT2D eigenvalue weighted by Gasteiger charge is -2.11. The number of carbonyl (C=O) groups is 1. The molecule has 2 atom stereocenters. The molecule has 1 fully saturated rings. The number of amides is 1. The van der Waals surface area contributed by atoms with Gasteiger partial charge in [0.25, 0.3) is 0 Å². The number of hydrogen-bond acceptors (Lipinski definition) is 4. The molecular weight excluding hydrogens is 326 g/mol. The van der Waals surface area contributed by atoms with E-state index >= 15 is 0 Å². The van der Waals surface area contributed by atoms with Gasteiger partial charge in [-0.1, -0.05) is 35.9 Å². The van der Waals surface area contributed by atoms with E-state index in [1.807, 2.05) is 48.5 Å². The highest BCUT2D eigenvalue weighted by Crippen LogP contribution is 2.24. The topological polar surface area (TPSA) is 62.4 Å². The second-order valence-corrected chi connectivity index (χ2v) is 6.19. The molecule has 5 nitrogen and oxygen atoms in total. The fourth-order valence-corrected chi connectivity index (χ4v) is 2.96. The molecule has 0 spiro atoms. The van der Waals surface area contributed by atoms with Crippen LogP contribution < -0.4 is 20.9 Å². The highest BCUT2D eigenvalue weighted by Gasteiger charge is 2.29. The van der Waals surface area contributed by atoms with Gasteiger partial charge in [0.1, 0.15) is 11.8 Å². The predicted octanol–water partition coefficient (Wildman–Crippen LogP) is 2.57. The van der Waals surface area contributed by atoms with Gasteiger partial charge in [-0.2, -0.15) is 0 Å². The Labute approximate surface area is 146 Å². The number of nitrogens with one attached hydrogen (secondary N) is 3. The van der Waals surface area contributed by atoms with Crippen LogP contribution in [0.3, 0.4) is 0 Å². The molecule has 6 heteroatoms. The number of rotatable bonds is 5. The minimum atomic E-state index is -0.278. The van der Waals surface area contributed by atoms with Crippen LogP contribution in [0.25, 0.3) is 0 Å². The summed E-state index contributed by atoms with van der Waals surface area (Å²) in [6, 6.07) is 15.1. The van der Waals surface area contributed by atoms with Crippen LogP contribution >= 0.6 is 11.6 Å². The molecule has 0 bridgehead atoms. The van der Waals surface area contributed by atoms with E-state index < -0.39 is 0 Å². The maximum atomic E-state index is 12.3. The van der Waals surface area contributed by atoms with Gasteiger partial charge in [0.05, 0.1) is 7.11 Å². The van der Waals surface area contributed by atoms with Crippen molar-refractivity contribution in [3.05, 3.63) is 64.7 Å². The molecule has 0 radical (unpaired) electrons. The van der Waals surface area contributed by atoms with E-state index in [2.05, 4.69) is 16.2 Å². The second-order valence-electron chi connectivity index (χ2n) is 5.75. The van der Waals surface area contributed by atoms with Gasteiger partial charge in [-0.15, -0.1) is 0 Å². The summed E-state index contributed by atoms with van der Waals surface area (Å²) in [5.41, 5.74) is 8.28. The van der Waals surface area contributed by atoms with Gasteiger partial charge in [-0.3, -0.25) is 4.79 Å². The number of halogens is 1. The molecule has 2 unspecified atom stereocenters. The molecule has 3 N–H and O–H groups in total. The van der Waals surface area contributed by atoms with E-state index in [9.17, 15) is 4.79 Å². The van der Waals surface area contributed by atoms with Gasteiger partial charge < -0.3 is 10.1 Å². The summed E-state index contributed by atoms with van der Waals surface area (Å²) in [6.07, 6.45) is 0.671. The predicted molar refractivity (Wildman–Crippen MR) is 93.7 cm³/mol. The molecule has 1 aliphatic rings. The first kappa shape index (κ1) is 16.8. The van der Waals surface area contributed by atoms with E-state index in [0.717, 1.165) is 16.9 Å². The molecule has 0 aromatic heterocycles. The zero-order chi connectivity index (χ0) is 16.9. The Kier molecular flexibility index (Phi) is 5.35. The van der Waals surface area contributed by atoms with Gasteiger partial charge in [-0.25, -0.2) is 10.9 Å². The Morgan fingerprint density at radius 3 is 2.88 bits per heavy atom. The second kappa shape index (κ2) is 7.66. The standard InChI is InChI=1S/C18H20ClN3O2/c1-24-15-7-2-4-12(8-15)11-20-18(23)17-10-16(21-22-17)13-5-3-6-14(19)9-13/h2-9,16-17,21-22H,10-11H2,1H3,(H,20,23). The average molecular weight is 346 g/mol. The lowest BCUT2D eigenvalue weighted by Crippen LogP contribution is -2.42. The molecule has 0 saturated carbocycles. The van der Waals surface area contributed by atoms with Crippen molar-refractivity contribution in [2.24, 2.45) is 0 Å². The van der Waals surface area contributed by atoms with E-state index in [1.165, 1.54) is 0 Å². The van der Waals surface area contributed by atoms with Crippen molar-refractivity contribution in [2.75, 3.05) is 7.11 Å². The molecule has 3 rings (SSSR count). The molecule has 1 heterocycles. The van der Waals surface area contributed by atoms with Crippen LogP contribution in [-0.2, 0) is 11.3 Å². The van der Waals surface area contributed by atoms with Gasteiger partial charge >= 0.3 is 0 Å². The van der Waals surface area contributed by atoms with E-state index in [1.54, 1.807) is 7.11 Å². The first-order valence-electron chi connectivity index (χ1n) is 7.83. The summed E-state index contributed by atoms with van der Waals surface area (Å²) in [5.74, 6) is 0.748. The number of methoxy groups -OCH3 is 1. The summed E-state index contributed by atoms with van der Waals surface area (Å²) in [7, 11) is 1.63. The minimum absolute atomic E-state index is 0.0325. The van der Waals surface area contributed by atoms with Crippen molar-refractivity contribution in [1.29, 1.82) is 0 Å². The molecule has 2 aromatic rings. The zero-order valence-corrected chi connectivity index (χ0v) is 14.1. The summed E-state index contributed by atoms with van der Waals surface area (Å²) >= 11 is 6.03. The van der Waals surface area contributed by atoms with Gasteiger partial charge in [0.15, 0.2) is 0 Å². The highest BCUT2D eigenvalue weighted by atomic mass is 35.5. The van der Waals surface area contributed by atoms with Crippen molar-refractivity contribution in [1.82, 2.24) is 16.2 Å². The maximum Gasteiger partial charge on any atom is 0.238 e. The van der Waals surface area contributed by atoms with Crippen LogP contribution in [0.15, 0.2) is 48.5 Å². The van der Waals surface area contributed by atoms with E-state index in [4.69, 9.17) is 16.3 Å². The van der Waals surface area contributed by atoms with E-state index in [0.29, 0.717) is 18.0 Å². The van der Waals surface area contributed by atoms with Crippen molar-refractivity contribution >= 4 is 17.5 Å². The number of hydrogen-bond donors (Lipinski definition) is 3. The number of hydrazine groups is 1. The van der Waals surface area contributed by atoms with E-state index in [-0.39, 0.29) is 18.0 Å². The van der Waals surface area contributed by atoms with Crippen LogP contribution in [0.1, 0.15) is 23.6 Å². The molecule has 0 aliphatic carbocycles. The highest BCUT2D eigenvalue weighted by molar-refractivity contribution is 6.30. The van der Waals surface area contributed by atoms with Gasteiger partial charge in [0.2, 0.25) is 5.91 Å². The Morgan fingerprint density at radius 2 is 2.08 bits per heavy atom. The Hall–Kier alpha value is -2.08. The number of carbonyl (C=O) groups excluding carboxylic acids is 1. The lowest BCUT2D eigenvalue weighted by atomic mass is 10.0. The molecule has 1 saturated heterocycles. The van der Waals surface area contributed by atoms with Crippen molar-refractivity contribution in [2.45, 2.75) is 25.0 Å². The normalized spacial score (nSPS) is 19.9. The third-order valence-electron chi connectivity index (χ3n) is 4.07. The van der Waals surface area contributed by atoms with Crippen LogP contribution in [0.2, 0.25) is 5.02 Å². The number of benzene rings is 2. The third-order valence-corrected chi connectivity index (χ3v) is 4.31.